The largest absolute Gasteiger partial charge is 0.210 e. The maximum atomic E-state index is 12.2. The Bertz CT molecular complexity index is 202. The van der Waals surface area contributed by atoms with Crippen LogP contribution in [-0.4, -0.2) is 5.38 Å². The van der Waals surface area contributed by atoms with Gasteiger partial charge in [0.1, 0.15) is 11.2 Å². The molecule has 0 heterocycles. The van der Waals surface area contributed by atoms with E-state index in [0.29, 0.717) is 0 Å². The summed E-state index contributed by atoms with van der Waals surface area (Å²) in [6, 6.07) is 0. The Morgan fingerprint density at radius 2 is 2.00 bits per heavy atom. The molecule has 0 spiro atoms. The molecule has 0 aromatic carbocycles. The second-order valence-corrected chi connectivity index (χ2v) is 3.77. The van der Waals surface area contributed by atoms with Crippen LogP contribution in [0.4, 0.5) is 4.39 Å². The summed E-state index contributed by atoms with van der Waals surface area (Å²) in [6.07, 6.45) is 0. The fraction of sp³-hybridized carbons (Fsp3) is 0.556. The summed E-state index contributed by atoms with van der Waals surface area (Å²) in [5, 5.41) is -0.866. The summed E-state index contributed by atoms with van der Waals surface area (Å²) in [6.45, 7) is 8.86. The zero-order chi connectivity index (χ0) is 9.07. The molecule has 0 N–H and O–H groups in total. The van der Waals surface area contributed by atoms with Gasteiger partial charge in [0.15, 0.2) is 0 Å². The van der Waals surface area contributed by atoms with Gasteiger partial charge in [-0.15, -0.1) is 11.6 Å². The maximum Gasteiger partial charge on any atom is 0.145 e. The molecule has 0 saturated carbocycles. The average molecular weight is 175 g/mol. The van der Waals surface area contributed by atoms with Crippen molar-refractivity contribution in [1.29, 1.82) is 0 Å². The molecule has 0 fully saturated rings. The molecular weight excluding hydrogens is 163 g/mol. The third-order valence-electron chi connectivity index (χ3n) is 0.849. The Hall–Kier alpha value is -0.480. The van der Waals surface area contributed by atoms with Gasteiger partial charge in [0.2, 0.25) is 0 Å². The molecule has 0 aromatic heterocycles. The third-order valence-corrected chi connectivity index (χ3v) is 1.19. The first-order valence-electron chi connectivity index (χ1n) is 3.34. The van der Waals surface area contributed by atoms with Gasteiger partial charge in [0.25, 0.3) is 0 Å². The van der Waals surface area contributed by atoms with Crippen LogP contribution in [0.1, 0.15) is 20.8 Å². The minimum absolute atomic E-state index is 0.136. The first-order valence-corrected chi connectivity index (χ1v) is 3.77. The highest BCUT2D eigenvalue weighted by molar-refractivity contribution is 6.24. The van der Waals surface area contributed by atoms with Crippen LogP contribution in [0.5, 0.6) is 0 Å². The topological polar surface area (TPSA) is 0 Å². The van der Waals surface area contributed by atoms with Crippen LogP contribution < -0.4 is 0 Å². The molecule has 0 aliphatic carbocycles. The Morgan fingerprint density at radius 1 is 1.55 bits per heavy atom. The zero-order valence-electron chi connectivity index (χ0n) is 7.04. The Labute approximate surface area is 72.4 Å². The van der Waals surface area contributed by atoms with E-state index in [0.717, 1.165) is 0 Å². The van der Waals surface area contributed by atoms with Crippen LogP contribution in [0.2, 0.25) is 0 Å². The molecule has 0 amide bonds. The normalized spacial score (nSPS) is 13.2. The van der Waals surface area contributed by atoms with Gasteiger partial charge in [0, 0.05) is 5.41 Å². The maximum absolute atomic E-state index is 12.2. The average Bonchev–Trinajstić information content (AvgIpc) is 1.80. The van der Waals surface area contributed by atoms with Crippen molar-refractivity contribution in [3.05, 3.63) is 12.4 Å². The fourth-order valence-electron chi connectivity index (χ4n) is 0.358. The Balaban J connectivity index is 4.19. The molecule has 1 unspecified atom stereocenters. The van der Waals surface area contributed by atoms with E-state index >= 15 is 0 Å². The first-order chi connectivity index (χ1) is 4.83. The lowest BCUT2D eigenvalue weighted by Gasteiger charge is -2.07. The number of hydrogen-bond donors (Lipinski definition) is 0. The van der Waals surface area contributed by atoms with Crippen molar-refractivity contribution in [1.82, 2.24) is 0 Å². The van der Waals surface area contributed by atoms with Gasteiger partial charge in [0.05, 0.1) is 0 Å². The highest BCUT2D eigenvalue weighted by atomic mass is 35.5. The molecule has 0 aromatic rings. The summed E-state index contributed by atoms with van der Waals surface area (Å²) >= 11 is 5.47. The second-order valence-electron chi connectivity index (χ2n) is 3.33. The van der Waals surface area contributed by atoms with Crippen molar-refractivity contribution in [2.24, 2.45) is 5.41 Å². The predicted molar refractivity (Wildman–Crippen MR) is 47.1 cm³/mol. The van der Waals surface area contributed by atoms with E-state index in [1.807, 2.05) is 20.8 Å². The molecule has 2 heteroatoms. The summed E-state index contributed by atoms with van der Waals surface area (Å²) in [5.41, 5.74) is -0.136. The van der Waals surface area contributed by atoms with Crippen molar-refractivity contribution in [3.63, 3.8) is 0 Å². The lowest BCUT2D eigenvalue weighted by molar-refractivity contribution is 0.569. The van der Waals surface area contributed by atoms with Crippen LogP contribution >= 0.6 is 11.6 Å². The minimum atomic E-state index is -0.866. The van der Waals surface area contributed by atoms with E-state index in [9.17, 15) is 4.39 Å². The quantitative estimate of drug-likeness (QED) is 0.423. The second kappa shape index (κ2) is 3.78. The van der Waals surface area contributed by atoms with E-state index in [-0.39, 0.29) is 5.41 Å². The van der Waals surface area contributed by atoms with Crippen LogP contribution in [-0.2, 0) is 0 Å². The molecule has 0 aliphatic rings. The Kier molecular flexibility index (Phi) is 3.62. The van der Waals surface area contributed by atoms with Gasteiger partial charge in [-0.05, 0) is 20.8 Å². The number of hydrogen-bond acceptors (Lipinski definition) is 0. The summed E-state index contributed by atoms with van der Waals surface area (Å²) in [4.78, 5) is 0. The van der Waals surface area contributed by atoms with Gasteiger partial charge in [-0.25, -0.2) is 4.39 Å². The molecule has 0 rings (SSSR count). The van der Waals surface area contributed by atoms with Crippen LogP contribution in [0, 0.1) is 17.3 Å². The van der Waals surface area contributed by atoms with Crippen molar-refractivity contribution in [2.75, 3.05) is 0 Å². The van der Waals surface area contributed by atoms with Gasteiger partial charge in [-0.2, -0.15) is 0 Å². The lowest BCUT2D eigenvalue weighted by Crippen LogP contribution is -2.02. The highest BCUT2D eigenvalue weighted by Crippen LogP contribution is 2.12. The molecular formula is C9H12ClF. The molecule has 11 heavy (non-hydrogen) atoms. The monoisotopic (exact) mass is 174 g/mol. The molecule has 62 valence electrons. The highest BCUT2D eigenvalue weighted by Gasteiger charge is 2.07. The minimum Gasteiger partial charge on any atom is -0.210 e. The van der Waals surface area contributed by atoms with E-state index < -0.39 is 11.2 Å². The van der Waals surface area contributed by atoms with Gasteiger partial charge < -0.3 is 0 Å². The number of halogens is 2. The SMILES string of the molecule is C=C(F)C(Cl)C#CC(C)(C)C. The fourth-order valence-corrected chi connectivity index (χ4v) is 0.413. The van der Waals surface area contributed by atoms with E-state index in [2.05, 4.69) is 18.4 Å². The molecule has 0 nitrogen and oxygen atoms in total. The third kappa shape index (κ3) is 5.94. The molecule has 0 radical (unpaired) electrons. The summed E-state index contributed by atoms with van der Waals surface area (Å²) in [7, 11) is 0. The van der Waals surface area contributed by atoms with Crippen LogP contribution in [0.25, 0.3) is 0 Å². The van der Waals surface area contributed by atoms with Crippen LogP contribution in [0.3, 0.4) is 0 Å². The number of alkyl halides is 1. The molecule has 1 atom stereocenters. The van der Waals surface area contributed by atoms with E-state index in [4.69, 9.17) is 11.6 Å². The van der Waals surface area contributed by atoms with Crippen molar-refractivity contribution in [2.45, 2.75) is 26.1 Å². The standard InChI is InChI=1S/C9H12ClF/c1-7(11)8(10)5-6-9(2,3)4/h8H,1H2,2-4H3. The summed E-state index contributed by atoms with van der Waals surface area (Å²) < 4.78 is 12.2. The van der Waals surface area contributed by atoms with Gasteiger partial charge in [-0.3, -0.25) is 0 Å². The van der Waals surface area contributed by atoms with Crippen LogP contribution in [0.15, 0.2) is 12.4 Å². The predicted octanol–water partition coefficient (Wildman–Crippen LogP) is 3.13. The first kappa shape index (κ1) is 10.5. The van der Waals surface area contributed by atoms with Gasteiger partial charge >= 0.3 is 0 Å². The van der Waals surface area contributed by atoms with E-state index in [1.165, 1.54) is 0 Å². The molecule has 0 saturated heterocycles. The lowest BCUT2D eigenvalue weighted by atomic mass is 9.98. The number of rotatable bonds is 1. The van der Waals surface area contributed by atoms with E-state index in [1.54, 1.807) is 0 Å². The Morgan fingerprint density at radius 3 is 2.27 bits per heavy atom. The van der Waals surface area contributed by atoms with Gasteiger partial charge in [-0.1, -0.05) is 18.4 Å². The molecule has 0 bridgehead atoms. The molecule has 0 aliphatic heterocycles. The zero-order valence-corrected chi connectivity index (χ0v) is 7.80. The smallest absolute Gasteiger partial charge is 0.145 e. The van der Waals surface area contributed by atoms with Crippen molar-refractivity contribution < 1.29 is 4.39 Å². The summed E-state index contributed by atoms with van der Waals surface area (Å²) in [5.74, 6) is 4.79. The van der Waals surface area contributed by atoms with Crippen molar-refractivity contribution >= 4 is 11.6 Å². The number of allylic oxidation sites excluding steroid dienone is 1. The van der Waals surface area contributed by atoms with Crippen molar-refractivity contribution in [3.8, 4) is 11.8 Å².